The standard InChI is InChI=1S/C10H20N2.C4H10/c1-7-12-9(3)11(6)8(2)10(12,4)5;1-3-4-2/h9H,2,7H2,1,3-6H3;3-4H2,1-2H3. The molecule has 2 nitrogen and oxygen atoms in total. The Bertz CT molecular complexity index is 219. The van der Waals surface area contributed by atoms with Crippen molar-refractivity contribution in [3.63, 3.8) is 0 Å². The van der Waals surface area contributed by atoms with Gasteiger partial charge in [-0.1, -0.05) is 40.2 Å². The van der Waals surface area contributed by atoms with Crippen LogP contribution in [0.3, 0.4) is 0 Å². The fraction of sp³-hybridized carbons (Fsp3) is 0.857. The number of unbranched alkanes of at least 4 members (excludes halogenated alkanes) is 1. The van der Waals surface area contributed by atoms with Crippen molar-refractivity contribution in [1.82, 2.24) is 9.80 Å². The minimum absolute atomic E-state index is 0.128. The second kappa shape index (κ2) is 6.29. The lowest BCUT2D eigenvalue weighted by Gasteiger charge is -2.31. The number of hydrogen-bond acceptors (Lipinski definition) is 2. The van der Waals surface area contributed by atoms with Crippen molar-refractivity contribution in [3.05, 3.63) is 12.3 Å². The van der Waals surface area contributed by atoms with E-state index in [1.54, 1.807) is 0 Å². The van der Waals surface area contributed by atoms with Crippen LogP contribution in [0.5, 0.6) is 0 Å². The highest BCUT2D eigenvalue weighted by Gasteiger charge is 2.42. The molecule has 1 unspecified atom stereocenters. The highest BCUT2D eigenvalue weighted by atomic mass is 15.4. The average Bonchev–Trinajstić information content (AvgIpc) is 2.40. The molecule has 1 fully saturated rings. The maximum Gasteiger partial charge on any atom is 0.0793 e. The van der Waals surface area contributed by atoms with Gasteiger partial charge in [0.1, 0.15) is 0 Å². The van der Waals surface area contributed by atoms with Gasteiger partial charge in [0.25, 0.3) is 0 Å². The summed E-state index contributed by atoms with van der Waals surface area (Å²) in [5.41, 5.74) is 1.35. The van der Waals surface area contributed by atoms with Gasteiger partial charge in [0.15, 0.2) is 0 Å². The molecule has 2 heteroatoms. The van der Waals surface area contributed by atoms with Gasteiger partial charge in [0.2, 0.25) is 0 Å². The van der Waals surface area contributed by atoms with E-state index < -0.39 is 0 Å². The van der Waals surface area contributed by atoms with Crippen LogP contribution < -0.4 is 0 Å². The molecular weight excluding hydrogens is 196 g/mol. The first-order valence-corrected chi connectivity index (χ1v) is 6.53. The van der Waals surface area contributed by atoms with E-state index in [0.29, 0.717) is 6.17 Å². The third kappa shape index (κ3) is 3.00. The van der Waals surface area contributed by atoms with Crippen LogP contribution in [0.2, 0.25) is 0 Å². The first-order chi connectivity index (χ1) is 7.34. The van der Waals surface area contributed by atoms with Crippen molar-refractivity contribution < 1.29 is 0 Å². The lowest BCUT2D eigenvalue weighted by atomic mass is 10.0. The fourth-order valence-electron chi connectivity index (χ4n) is 2.16. The molecule has 1 aliphatic rings. The number of nitrogens with zero attached hydrogens (tertiary/aromatic N) is 2. The Labute approximate surface area is 102 Å². The normalized spacial score (nSPS) is 24.3. The molecule has 0 saturated carbocycles. The van der Waals surface area contributed by atoms with Crippen LogP contribution in [0.15, 0.2) is 12.3 Å². The van der Waals surface area contributed by atoms with Gasteiger partial charge in [-0.2, -0.15) is 0 Å². The molecule has 0 radical (unpaired) electrons. The Hall–Kier alpha value is -0.500. The van der Waals surface area contributed by atoms with E-state index in [-0.39, 0.29) is 5.54 Å². The summed E-state index contributed by atoms with van der Waals surface area (Å²) in [6, 6.07) is 0. The molecule has 0 spiro atoms. The molecule has 1 heterocycles. The fourth-order valence-corrected chi connectivity index (χ4v) is 2.16. The molecule has 0 aromatic rings. The summed E-state index contributed by atoms with van der Waals surface area (Å²) in [5, 5.41) is 0. The topological polar surface area (TPSA) is 6.48 Å². The molecule has 0 aromatic carbocycles. The van der Waals surface area contributed by atoms with E-state index in [9.17, 15) is 0 Å². The second-order valence-corrected chi connectivity index (χ2v) is 5.03. The third-order valence-electron chi connectivity index (χ3n) is 3.70. The maximum atomic E-state index is 4.12. The Morgan fingerprint density at radius 1 is 1.19 bits per heavy atom. The predicted octanol–water partition coefficient (Wildman–Crippen LogP) is 3.70. The monoisotopic (exact) mass is 226 g/mol. The van der Waals surface area contributed by atoms with Crippen molar-refractivity contribution in [1.29, 1.82) is 0 Å². The van der Waals surface area contributed by atoms with E-state index in [1.807, 2.05) is 0 Å². The van der Waals surface area contributed by atoms with Gasteiger partial charge in [0.05, 0.1) is 11.7 Å². The molecule has 1 atom stereocenters. The summed E-state index contributed by atoms with van der Waals surface area (Å²) < 4.78 is 0. The molecule has 0 aromatic heterocycles. The molecular formula is C14H30N2. The smallest absolute Gasteiger partial charge is 0.0793 e. The highest BCUT2D eigenvalue weighted by molar-refractivity contribution is 5.18. The van der Waals surface area contributed by atoms with Crippen LogP contribution in [0.4, 0.5) is 0 Å². The summed E-state index contributed by atoms with van der Waals surface area (Å²) in [5.74, 6) is 0. The Morgan fingerprint density at radius 2 is 1.62 bits per heavy atom. The lowest BCUT2D eigenvalue weighted by Crippen LogP contribution is -2.42. The van der Waals surface area contributed by atoms with Crippen molar-refractivity contribution in [2.24, 2.45) is 0 Å². The zero-order valence-electron chi connectivity index (χ0n) is 12.3. The Morgan fingerprint density at radius 3 is 1.75 bits per heavy atom. The van der Waals surface area contributed by atoms with E-state index in [0.717, 1.165) is 6.54 Å². The molecule has 0 amide bonds. The number of rotatable bonds is 2. The van der Waals surface area contributed by atoms with Crippen LogP contribution >= 0.6 is 0 Å². The number of likely N-dealkylation sites (N-methyl/N-ethyl adjacent to an activating group) is 2. The maximum absolute atomic E-state index is 4.12. The summed E-state index contributed by atoms with van der Waals surface area (Å²) in [7, 11) is 2.12. The molecule has 1 saturated heterocycles. The van der Waals surface area contributed by atoms with Crippen LogP contribution in [0.25, 0.3) is 0 Å². The zero-order chi connectivity index (χ0) is 12.9. The van der Waals surface area contributed by atoms with Gasteiger partial charge in [-0.15, -0.1) is 0 Å². The van der Waals surface area contributed by atoms with E-state index in [1.165, 1.54) is 18.5 Å². The Balaban J connectivity index is 0.000000487. The van der Waals surface area contributed by atoms with E-state index in [4.69, 9.17) is 0 Å². The second-order valence-electron chi connectivity index (χ2n) is 5.03. The predicted molar refractivity (Wildman–Crippen MR) is 73.4 cm³/mol. The third-order valence-corrected chi connectivity index (χ3v) is 3.70. The van der Waals surface area contributed by atoms with Crippen molar-refractivity contribution >= 4 is 0 Å². The summed E-state index contributed by atoms with van der Waals surface area (Å²) in [4.78, 5) is 4.71. The van der Waals surface area contributed by atoms with Crippen molar-refractivity contribution in [2.75, 3.05) is 13.6 Å². The van der Waals surface area contributed by atoms with Crippen LogP contribution in [0, 0.1) is 0 Å². The molecule has 16 heavy (non-hydrogen) atoms. The quantitative estimate of drug-likeness (QED) is 0.708. The van der Waals surface area contributed by atoms with Crippen molar-refractivity contribution in [3.8, 4) is 0 Å². The molecule has 0 aliphatic carbocycles. The Kier molecular flexibility index (Phi) is 6.09. The van der Waals surface area contributed by atoms with Gasteiger partial charge in [-0.05, 0) is 27.3 Å². The van der Waals surface area contributed by atoms with Crippen LogP contribution in [-0.4, -0.2) is 35.1 Å². The summed E-state index contributed by atoms with van der Waals surface area (Å²) >= 11 is 0. The average molecular weight is 226 g/mol. The molecule has 96 valence electrons. The first kappa shape index (κ1) is 15.5. The van der Waals surface area contributed by atoms with Gasteiger partial charge in [0, 0.05) is 12.7 Å². The van der Waals surface area contributed by atoms with E-state index >= 15 is 0 Å². The summed E-state index contributed by atoms with van der Waals surface area (Å²) in [6.07, 6.45) is 3.12. The van der Waals surface area contributed by atoms with Crippen LogP contribution in [-0.2, 0) is 0 Å². The highest BCUT2D eigenvalue weighted by Crippen LogP contribution is 2.35. The minimum atomic E-state index is 0.128. The summed E-state index contributed by atoms with van der Waals surface area (Å²) in [6.45, 7) is 18.5. The SMILES string of the molecule is C=C1N(C)C(C)N(CC)C1(C)C.CCCC. The van der Waals surface area contributed by atoms with E-state index in [2.05, 4.69) is 65.0 Å². The van der Waals surface area contributed by atoms with Crippen molar-refractivity contribution in [2.45, 2.75) is 66.1 Å². The molecule has 1 rings (SSSR count). The van der Waals surface area contributed by atoms with Crippen LogP contribution in [0.1, 0.15) is 54.4 Å². The minimum Gasteiger partial charge on any atom is -0.361 e. The van der Waals surface area contributed by atoms with Gasteiger partial charge >= 0.3 is 0 Å². The largest absolute Gasteiger partial charge is 0.361 e. The van der Waals surface area contributed by atoms with Gasteiger partial charge < -0.3 is 4.90 Å². The first-order valence-electron chi connectivity index (χ1n) is 6.53. The van der Waals surface area contributed by atoms with Gasteiger partial charge in [-0.3, -0.25) is 4.90 Å². The number of hydrogen-bond donors (Lipinski definition) is 0. The molecule has 0 N–H and O–H groups in total. The van der Waals surface area contributed by atoms with Gasteiger partial charge in [-0.25, -0.2) is 0 Å². The zero-order valence-corrected chi connectivity index (χ0v) is 12.3. The molecule has 1 aliphatic heterocycles. The lowest BCUT2D eigenvalue weighted by molar-refractivity contribution is 0.125. The molecule has 0 bridgehead atoms.